The average molecular weight is 455 g/mol. The van der Waals surface area contributed by atoms with Crippen molar-refractivity contribution in [2.24, 2.45) is 0 Å². The molecular weight excluding hydrogens is 427 g/mol. The van der Waals surface area contributed by atoms with Crippen molar-refractivity contribution in [1.82, 2.24) is 20.1 Å². The number of carbonyl (C=O) groups is 1. The monoisotopic (exact) mass is 454 g/mol. The van der Waals surface area contributed by atoms with Crippen LogP contribution in [0, 0.1) is 5.82 Å². The van der Waals surface area contributed by atoms with E-state index in [0.717, 1.165) is 12.1 Å². The fraction of sp³-hybridized carbons (Fsp3) is 0.333. The van der Waals surface area contributed by atoms with Gasteiger partial charge in [0.15, 0.2) is 17.2 Å². The lowest BCUT2D eigenvalue weighted by molar-refractivity contribution is 0.0946. The van der Waals surface area contributed by atoms with Crippen LogP contribution in [0.4, 0.5) is 4.39 Å². The Kier molecular flexibility index (Phi) is 7.21. The van der Waals surface area contributed by atoms with Crippen molar-refractivity contribution in [3.63, 3.8) is 0 Å². The highest BCUT2D eigenvalue weighted by molar-refractivity contribution is 5.91. The number of hydrogen-bond acceptors (Lipinski definition) is 7. The predicted molar refractivity (Wildman–Crippen MR) is 119 cm³/mol. The summed E-state index contributed by atoms with van der Waals surface area (Å²) in [7, 11) is 3.87. The Labute approximate surface area is 191 Å². The minimum absolute atomic E-state index is 0.202. The Balaban J connectivity index is 1.47. The molecular formula is C24H27FN4O4. The zero-order valence-electron chi connectivity index (χ0n) is 18.7. The van der Waals surface area contributed by atoms with Gasteiger partial charge in [0.25, 0.3) is 5.91 Å². The Morgan fingerprint density at radius 1 is 1.09 bits per heavy atom. The lowest BCUT2D eigenvalue weighted by Gasteiger charge is -2.21. The minimum Gasteiger partial charge on any atom is -0.454 e. The maximum atomic E-state index is 14.3. The van der Waals surface area contributed by atoms with Crippen molar-refractivity contribution < 1.29 is 23.1 Å². The van der Waals surface area contributed by atoms with Crippen LogP contribution in [0.5, 0.6) is 11.5 Å². The molecule has 1 aliphatic rings. The maximum Gasteiger partial charge on any atom is 0.273 e. The first-order chi connectivity index (χ1) is 16.0. The molecule has 9 heteroatoms. The molecule has 1 aromatic heterocycles. The lowest BCUT2D eigenvalue weighted by atomic mass is 10.1. The highest BCUT2D eigenvalue weighted by Gasteiger charge is 2.19. The molecule has 1 N–H and O–H groups in total. The molecule has 8 nitrogen and oxygen atoms in total. The number of benzene rings is 2. The largest absolute Gasteiger partial charge is 0.454 e. The highest BCUT2D eigenvalue weighted by Crippen LogP contribution is 2.33. The first-order valence-electron chi connectivity index (χ1n) is 10.7. The van der Waals surface area contributed by atoms with Crippen molar-refractivity contribution in [3.8, 4) is 11.5 Å². The number of halogens is 1. The van der Waals surface area contributed by atoms with Crippen LogP contribution in [-0.2, 0) is 19.6 Å². The van der Waals surface area contributed by atoms with E-state index in [4.69, 9.17) is 13.9 Å². The predicted octanol–water partition coefficient (Wildman–Crippen LogP) is 3.04. The Hall–Kier alpha value is -3.43. The van der Waals surface area contributed by atoms with Gasteiger partial charge in [0.2, 0.25) is 12.7 Å². The average Bonchev–Trinajstić information content (AvgIpc) is 3.44. The number of rotatable bonds is 10. The Morgan fingerprint density at radius 3 is 2.73 bits per heavy atom. The van der Waals surface area contributed by atoms with Gasteiger partial charge in [0.1, 0.15) is 12.1 Å². The van der Waals surface area contributed by atoms with Crippen LogP contribution in [0.15, 0.2) is 53.1 Å². The molecule has 174 valence electrons. The second-order valence-electron chi connectivity index (χ2n) is 8.11. The van der Waals surface area contributed by atoms with E-state index in [1.165, 1.54) is 12.3 Å². The quantitative estimate of drug-likeness (QED) is 0.504. The zero-order valence-corrected chi connectivity index (χ0v) is 18.7. The van der Waals surface area contributed by atoms with Gasteiger partial charge >= 0.3 is 0 Å². The number of hydrogen-bond donors (Lipinski definition) is 1. The Morgan fingerprint density at radius 2 is 1.91 bits per heavy atom. The van der Waals surface area contributed by atoms with Gasteiger partial charge in [-0.15, -0.1) is 0 Å². The SMILES string of the molecule is CN(C)CCNC(=O)c1coc(CN(Cc2ccc3c(c2)OCO3)Cc2ccccc2F)n1. The van der Waals surface area contributed by atoms with Crippen LogP contribution in [0.2, 0.25) is 0 Å². The van der Waals surface area contributed by atoms with Gasteiger partial charge in [-0.2, -0.15) is 0 Å². The van der Waals surface area contributed by atoms with Crippen LogP contribution in [0.1, 0.15) is 27.5 Å². The lowest BCUT2D eigenvalue weighted by Crippen LogP contribution is -2.31. The van der Waals surface area contributed by atoms with Crippen molar-refractivity contribution in [3.05, 3.63) is 77.3 Å². The van der Waals surface area contributed by atoms with E-state index in [-0.39, 0.29) is 24.2 Å². The molecule has 2 heterocycles. The summed E-state index contributed by atoms with van der Waals surface area (Å²) in [6.07, 6.45) is 1.35. The van der Waals surface area contributed by atoms with Crippen molar-refractivity contribution in [1.29, 1.82) is 0 Å². The number of oxazole rings is 1. The Bertz CT molecular complexity index is 1100. The zero-order chi connectivity index (χ0) is 23.2. The molecule has 1 aliphatic heterocycles. The molecule has 0 atom stereocenters. The molecule has 4 rings (SSSR count). The summed E-state index contributed by atoms with van der Waals surface area (Å²) in [4.78, 5) is 20.6. The van der Waals surface area contributed by atoms with Crippen LogP contribution in [0.3, 0.4) is 0 Å². The number of ether oxygens (including phenoxy) is 2. The van der Waals surface area contributed by atoms with Gasteiger partial charge in [-0.05, 0) is 37.9 Å². The molecule has 0 saturated carbocycles. The number of aromatic nitrogens is 1. The topological polar surface area (TPSA) is 80.1 Å². The van der Waals surface area contributed by atoms with Crippen molar-refractivity contribution in [2.45, 2.75) is 19.6 Å². The fourth-order valence-corrected chi connectivity index (χ4v) is 3.50. The van der Waals surface area contributed by atoms with E-state index in [1.54, 1.807) is 18.2 Å². The maximum absolute atomic E-state index is 14.3. The van der Waals surface area contributed by atoms with Gasteiger partial charge in [0, 0.05) is 31.7 Å². The van der Waals surface area contributed by atoms with Gasteiger partial charge < -0.3 is 24.1 Å². The number of likely N-dealkylation sites (N-methyl/N-ethyl adjacent to an activating group) is 1. The first kappa shape index (κ1) is 22.8. The standard InChI is InChI=1S/C24H27FN4O4/c1-28(2)10-9-26-24(30)20-15-31-23(27-20)14-29(13-18-5-3-4-6-19(18)25)12-17-7-8-21-22(11-17)33-16-32-21/h3-8,11,15H,9-10,12-14,16H2,1-2H3,(H,26,30). The summed E-state index contributed by atoms with van der Waals surface area (Å²) >= 11 is 0. The summed E-state index contributed by atoms with van der Waals surface area (Å²) < 4.78 is 30.7. The molecule has 2 aromatic carbocycles. The minimum atomic E-state index is -0.289. The van der Waals surface area contributed by atoms with E-state index in [1.807, 2.05) is 42.1 Å². The van der Waals surface area contributed by atoms with Crippen LogP contribution >= 0.6 is 0 Å². The van der Waals surface area contributed by atoms with Crippen molar-refractivity contribution in [2.75, 3.05) is 34.0 Å². The van der Waals surface area contributed by atoms with E-state index in [0.29, 0.717) is 49.1 Å². The van der Waals surface area contributed by atoms with Gasteiger partial charge in [0.05, 0.1) is 6.54 Å². The second-order valence-corrected chi connectivity index (χ2v) is 8.11. The molecule has 1 amide bonds. The van der Waals surface area contributed by atoms with E-state index < -0.39 is 0 Å². The second kappa shape index (κ2) is 10.5. The van der Waals surface area contributed by atoms with E-state index >= 15 is 0 Å². The number of fused-ring (bicyclic) bond motifs is 1. The molecule has 0 fully saturated rings. The molecule has 0 saturated heterocycles. The summed E-state index contributed by atoms with van der Waals surface area (Å²) in [5.41, 5.74) is 1.76. The molecule has 0 aliphatic carbocycles. The number of nitrogens with one attached hydrogen (secondary N) is 1. The van der Waals surface area contributed by atoms with Gasteiger partial charge in [-0.3, -0.25) is 9.69 Å². The summed E-state index contributed by atoms with van der Waals surface area (Å²) in [5.74, 6) is 1.21. The van der Waals surface area contributed by atoms with Crippen LogP contribution in [-0.4, -0.2) is 54.7 Å². The molecule has 3 aromatic rings. The normalized spacial score (nSPS) is 12.5. The fourth-order valence-electron chi connectivity index (χ4n) is 3.50. The summed E-state index contributed by atoms with van der Waals surface area (Å²) in [6.45, 7) is 2.58. The van der Waals surface area contributed by atoms with Gasteiger partial charge in [-0.25, -0.2) is 9.37 Å². The van der Waals surface area contributed by atoms with Crippen LogP contribution in [0.25, 0.3) is 0 Å². The molecule has 0 bridgehead atoms. The van der Waals surface area contributed by atoms with Crippen molar-refractivity contribution >= 4 is 5.91 Å². The third-order valence-electron chi connectivity index (χ3n) is 5.18. The molecule has 33 heavy (non-hydrogen) atoms. The number of carbonyl (C=O) groups excluding carboxylic acids is 1. The molecule has 0 radical (unpaired) electrons. The van der Waals surface area contributed by atoms with E-state index in [2.05, 4.69) is 10.3 Å². The first-order valence-corrected chi connectivity index (χ1v) is 10.7. The number of amides is 1. The summed E-state index contributed by atoms with van der Waals surface area (Å²) in [5, 5.41) is 2.82. The van der Waals surface area contributed by atoms with E-state index in [9.17, 15) is 9.18 Å². The third-order valence-corrected chi connectivity index (χ3v) is 5.18. The highest BCUT2D eigenvalue weighted by atomic mass is 19.1. The summed E-state index contributed by atoms with van der Waals surface area (Å²) in [6, 6.07) is 12.4. The molecule has 0 unspecified atom stereocenters. The van der Waals surface area contributed by atoms with Gasteiger partial charge in [-0.1, -0.05) is 24.3 Å². The van der Waals surface area contributed by atoms with Crippen LogP contribution < -0.4 is 14.8 Å². The molecule has 0 spiro atoms. The number of nitrogens with zero attached hydrogens (tertiary/aromatic N) is 3. The third kappa shape index (κ3) is 6.09. The smallest absolute Gasteiger partial charge is 0.273 e.